The standard InChI is InChI=1S/C18H16N5O2S/c1-13-14(2)26-18(19-13)22-17(24-15-9-5-3-6-10-15)20-21-23(22)25-16-11-7-4-8-12-16/h3-12H,1-2H3/q+1. The molecular weight excluding hydrogens is 350 g/mol. The molecule has 2 heterocycles. The second-order valence-electron chi connectivity index (χ2n) is 5.49. The van der Waals surface area contributed by atoms with Crippen LogP contribution in [0.2, 0.25) is 0 Å². The molecule has 0 spiro atoms. The molecule has 0 fully saturated rings. The molecule has 0 unspecified atom stereocenters. The normalized spacial score (nSPS) is 10.7. The zero-order chi connectivity index (χ0) is 17.9. The second-order valence-corrected chi connectivity index (χ2v) is 6.68. The number of hydrogen-bond acceptors (Lipinski definition) is 6. The molecule has 0 atom stereocenters. The average Bonchev–Trinajstić information content (AvgIpc) is 3.19. The fourth-order valence-electron chi connectivity index (χ4n) is 2.23. The van der Waals surface area contributed by atoms with Crippen molar-refractivity contribution in [2.75, 3.05) is 0 Å². The summed E-state index contributed by atoms with van der Waals surface area (Å²) in [5, 5.41) is 8.85. The Labute approximate surface area is 154 Å². The highest BCUT2D eigenvalue weighted by atomic mass is 32.1. The van der Waals surface area contributed by atoms with Crippen LogP contribution in [0.1, 0.15) is 10.6 Å². The number of para-hydroxylation sites is 2. The van der Waals surface area contributed by atoms with Gasteiger partial charge in [-0.15, -0.1) is 4.98 Å². The van der Waals surface area contributed by atoms with Crippen molar-refractivity contribution < 1.29 is 14.3 Å². The predicted molar refractivity (Wildman–Crippen MR) is 95.7 cm³/mol. The third-order valence-electron chi connectivity index (χ3n) is 3.64. The molecular formula is C18H16N5O2S+. The van der Waals surface area contributed by atoms with Gasteiger partial charge in [0.15, 0.2) is 11.0 Å². The van der Waals surface area contributed by atoms with Crippen LogP contribution in [0.15, 0.2) is 60.7 Å². The first-order chi connectivity index (χ1) is 12.7. The molecule has 0 saturated heterocycles. The molecule has 0 aliphatic carbocycles. The topological polar surface area (TPSA) is 65.9 Å². The van der Waals surface area contributed by atoms with Crippen molar-refractivity contribution in [3.8, 4) is 22.6 Å². The lowest BCUT2D eigenvalue weighted by Gasteiger charge is -2.04. The van der Waals surface area contributed by atoms with E-state index in [2.05, 4.69) is 15.3 Å². The SMILES string of the molecule is Cc1nc(-[n+]2c(Oc3ccccc3)nnn2Oc2ccccc2)sc1C. The van der Waals surface area contributed by atoms with E-state index in [1.165, 1.54) is 16.3 Å². The van der Waals surface area contributed by atoms with Gasteiger partial charge in [-0.3, -0.25) is 0 Å². The summed E-state index contributed by atoms with van der Waals surface area (Å²) in [5.74, 6) is 1.28. The number of aryl methyl sites for hydroxylation is 2. The van der Waals surface area contributed by atoms with Crippen molar-refractivity contribution in [3.05, 3.63) is 71.2 Å². The van der Waals surface area contributed by atoms with E-state index in [1.807, 2.05) is 74.5 Å². The smallest absolute Gasteiger partial charge is 0.404 e. The van der Waals surface area contributed by atoms with Crippen molar-refractivity contribution in [2.24, 2.45) is 0 Å². The van der Waals surface area contributed by atoms with Crippen LogP contribution in [-0.2, 0) is 0 Å². The first-order valence-corrected chi connectivity index (χ1v) is 8.81. The number of nitrogens with zero attached hydrogens (tertiary/aromatic N) is 5. The fourth-order valence-corrected chi connectivity index (χ4v) is 3.11. The number of tetrazole rings is 1. The maximum atomic E-state index is 5.89. The summed E-state index contributed by atoms with van der Waals surface area (Å²) >= 11 is 1.51. The number of rotatable bonds is 5. The van der Waals surface area contributed by atoms with E-state index < -0.39 is 0 Å². The fraction of sp³-hybridized carbons (Fsp3) is 0.111. The molecule has 4 rings (SSSR count). The van der Waals surface area contributed by atoms with Gasteiger partial charge < -0.3 is 9.57 Å². The molecule has 0 saturated carbocycles. The van der Waals surface area contributed by atoms with Gasteiger partial charge in [0.1, 0.15) is 21.5 Å². The van der Waals surface area contributed by atoms with Gasteiger partial charge in [-0.2, -0.15) is 0 Å². The Morgan fingerprint density at radius 2 is 1.58 bits per heavy atom. The first-order valence-electron chi connectivity index (χ1n) is 7.99. The number of aromatic nitrogens is 5. The molecule has 2 aromatic heterocycles. The molecule has 8 heteroatoms. The van der Waals surface area contributed by atoms with Crippen molar-refractivity contribution in [2.45, 2.75) is 13.8 Å². The average molecular weight is 366 g/mol. The lowest BCUT2D eigenvalue weighted by molar-refractivity contribution is -0.720. The maximum absolute atomic E-state index is 5.89. The number of benzene rings is 2. The van der Waals surface area contributed by atoms with E-state index in [9.17, 15) is 0 Å². The molecule has 7 nitrogen and oxygen atoms in total. The Balaban J connectivity index is 1.76. The molecule has 26 heavy (non-hydrogen) atoms. The first kappa shape index (κ1) is 16.2. The van der Waals surface area contributed by atoms with Gasteiger partial charge in [-0.05, 0) is 42.8 Å². The quantitative estimate of drug-likeness (QED) is 0.507. The largest absolute Gasteiger partial charge is 0.469 e. The number of hydrogen-bond donors (Lipinski definition) is 0. The van der Waals surface area contributed by atoms with E-state index in [0.717, 1.165) is 10.6 Å². The number of thiazole rings is 1. The molecule has 0 aliphatic heterocycles. The van der Waals surface area contributed by atoms with E-state index in [1.54, 1.807) is 4.68 Å². The zero-order valence-electron chi connectivity index (χ0n) is 14.2. The summed E-state index contributed by atoms with van der Waals surface area (Å²) in [6.07, 6.45) is 0. The Morgan fingerprint density at radius 1 is 0.923 bits per heavy atom. The van der Waals surface area contributed by atoms with Gasteiger partial charge in [0.2, 0.25) is 0 Å². The third kappa shape index (κ3) is 3.27. The minimum absolute atomic E-state index is 0.265. The van der Waals surface area contributed by atoms with Gasteiger partial charge in [0.05, 0.1) is 0 Å². The third-order valence-corrected chi connectivity index (χ3v) is 4.69. The summed E-state index contributed by atoms with van der Waals surface area (Å²) in [6, 6.07) is 19.0. The van der Waals surface area contributed by atoms with E-state index in [0.29, 0.717) is 16.6 Å². The van der Waals surface area contributed by atoms with Gasteiger partial charge in [-0.1, -0.05) is 47.7 Å². The summed E-state index contributed by atoms with van der Waals surface area (Å²) < 4.78 is 7.49. The van der Waals surface area contributed by atoms with Crippen LogP contribution < -0.4 is 14.3 Å². The predicted octanol–water partition coefficient (Wildman–Crippen LogP) is 3.26. The number of ether oxygens (including phenoxy) is 1. The van der Waals surface area contributed by atoms with Crippen molar-refractivity contribution in [3.63, 3.8) is 0 Å². The van der Waals surface area contributed by atoms with Crippen LogP contribution in [0.5, 0.6) is 17.5 Å². The van der Waals surface area contributed by atoms with Crippen LogP contribution in [0.25, 0.3) is 5.13 Å². The molecule has 0 N–H and O–H groups in total. The van der Waals surface area contributed by atoms with Crippen molar-refractivity contribution in [1.82, 2.24) is 20.3 Å². The van der Waals surface area contributed by atoms with E-state index in [4.69, 9.17) is 9.57 Å². The van der Waals surface area contributed by atoms with Gasteiger partial charge in [0.25, 0.3) is 0 Å². The molecule has 0 aliphatic rings. The Morgan fingerprint density at radius 3 is 2.19 bits per heavy atom. The zero-order valence-corrected chi connectivity index (χ0v) is 15.1. The molecule has 0 radical (unpaired) electrons. The molecule has 2 aromatic carbocycles. The lowest BCUT2D eigenvalue weighted by Crippen LogP contribution is -2.44. The second kappa shape index (κ2) is 6.93. The summed E-state index contributed by atoms with van der Waals surface area (Å²) in [6.45, 7) is 3.97. The van der Waals surface area contributed by atoms with Crippen LogP contribution in [0.4, 0.5) is 0 Å². The Hall–Kier alpha value is -3.26. The molecule has 4 aromatic rings. The maximum Gasteiger partial charge on any atom is 0.469 e. The molecule has 130 valence electrons. The van der Waals surface area contributed by atoms with Crippen molar-refractivity contribution >= 4 is 11.3 Å². The molecule has 0 amide bonds. The molecule has 0 bridgehead atoms. The minimum atomic E-state index is 0.265. The minimum Gasteiger partial charge on any atom is -0.404 e. The van der Waals surface area contributed by atoms with Crippen LogP contribution in [0.3, 0.4) is 0 Å². The highest BCUT2D eigenvalue weighted by Crippen LogP contribution is 2.21. The summed E-state index contributed by atoms with van der Waals surface area (Å²) in [5.41, 5.74) is 0.940. The monoisotopic (exact) mass is 366 g/mol. The van der Waals surface area contributed by atoms with Crippen LogP contribution >= 0.6 is 11.3 Å². The summed E-state index contributed by atoms with van der Waals surface area (Å²) in [7, 11) is 0. The van der Waals surface area contributed by atoms with Gasteiger partial charge in [-0.25, -0.2) is 0 Å². The lowest BCUT2D eigenvalue weighted by atomic mass is 10.3. The highest BCUT2D eigenvalue weighted by molar-refractivity contribution is 7.13. The summed E-state index contributed by atoms with van der Waals surface area (Å²) in [4.78, 5) is 12.8. The van der Waals surface area contributed by atoms with Gasteiger partial charge >= 0.3 is 11.1 Å². The van der Waals surface area contributed by atoms with Crippen LogP contribution in [0, 0.1) is 13.8 Å². The highest BCUT2D eigenvalue weighted by Gasteiger charge is 2.28. The van der Waals surface area contributed by atoms with Gasteiger partial charge in [0, 0.05) is 4.88 Å². The van der Waals surface area contributed by atoms with E-state index >= 15 is 0 Å². The van der Waals surface area contributed by atoms with E-state index in [-0.39, 0.29) is 6.01 Å². The Kier molecular flexibility index (Phi) is 4.32. The van der Waals surface area contributed by atoms with Crippen LogP contribution in [-0.4, -0.2) is 20.3 Å². The Bertz CT molecular complexity index is 936. The van der Waals surface area contributed by atoms with Crippen molar-refractivity contribution in [1.29, 1.82) is 0 Å².